The summed E-state index contributed by atoms with van der Waals surface area (Å²) in [5.74, 6) is -0.00789. The van der Waals surface area contributed by atoms with Crippen LogP contribution in [0.2, 0.25) is 5.02 Å². The monoisotopic (exact) mass is 418 g/mol. The smallest absolute Gasteiger partial charge is 0.339 e. The number of aliphatic hydroxyl groups is 1. The van der Waals surface area contributed by atoms with E-state index >= 15 is 0 Å². The molecule has 7 nitrogen and oxygen atoms in total. The second kappa shape index (κ2) is 8.18. The van der Waals surface area contributed by atoms with Crippen molar-refractivity contribution in [1.82, 2.24) is 9.88 Å². The number of β-amino-alcohol motifs (C(OH)–C–C–N with tert-alkyl or cyclic N) is 1. The molecule has 2 aromatic rings. The van der Waals surface area contributed by atoms with Crippen LogP contribution in [0.25, 0.3) is 0 Å². The van der Waals surface area contributed by atoms with Crippen LogP contribution in [-0.4, -0.2) is 64.0 Å². The number of nitrogens with zero attached hydrogens (tertiary/aromatic N) is 2. The highest BCUT2D eigenvalue weighted by Crippen LogP contribution is 2.41. The number of fused-ring (bicyclic) bond motifs is 1. The third-order valence-corrected chi connectivity index (χ3v) is 5.78. The van der Waals surface area contributed by atoms with E-state index in [2.05, 4.69) is 9.88 Å². The number of rotatable bonds is 6. The average Bonchev–Trinajstić information content (AvgIpc) is 3.05. The molecule has 8 heteroatoms. The fourth-order valence-corrected chi connectivity index (χ4v) is 4.23. The number of aromatic nitrogens is 1. The van der Waals surface area contributed by atoms with Crippen LogP contribution in [0, 0.1) is 0 Å². The zero-order chi connectivity index (χ0) is 20.4. The van der Waals surface area contributed by atoms with Crippen molar-refractivity contribution < 1.29 is 24.5 Å². The van der Waals surface area contributed by atoms with Crippen molar-refractivity contribution in [1.29, 1.82) is 0 Å². The predicted octanol–water partition coefficient (Wildman–Crippen LogP) is 2.64. The molecule has 4 rings (SSSR count). The standard InChI is InChI=1S/C21H23ClN2O5/c22-15-1-2-18-14(9-15)10-21(29-18)4-7-24(8-5-21)12-16(25)13-28-19-11-23-6-3-17(19)20(26)27/h1-3,6,9,11,16,25H,4-5,7-8,10,12-13H2,(H,26,27)/t16-/m1/s1. The van der Waals surface area contributed by atoms with E-state index < -0.39 is 12.1 Å². The predicted molar refractivity (Wildman–Crippen MR) is 107 cm³/mol. The maximum absolute atomic E-state index is 11.2. The molecule has 29 heavy (non-hydrogen) atoms. The lowest BCUT2D eigenvalue weighted by Crippen LogP contribution is -2.49. The average molecular weight is 419 g/mol. The van der Waals surface area contributed by atoms with Gasteiger partial charge in [0.25, 0.3) is 0 Å². The Morgan fingerprint density at radius 1 is 1.34 bits per heavy atom. The molecule has 1 atom stereocenters. The van der Waals surface area contributed by atoms with E-state index in [1.54, 1.807) is 0 Å². The molecule has 2 aliphatic rings. The molecule has 1 saturated heterocycles. The second-order valence-corrected chi connectivity index (χ2v) is 8.09. The Morgan fingerprint density at radius 3 is 2.90 bits per heavy atom. The normalized spacial score (nSPS) is 18.8. The van der Waals surface area contributed by atoms with E-state index in [0.717, 1.165) is 48.7 Å². The van der Waals surface area contributed by atoms with E-state index in [4.69, 9.17) is 21.1 Å². The third kappa shape index (κ3) is 4.47. The summed E-state index contributed by atoms with van der Waals surface area (Å²) in [4.78, 5) is 17.3. The summed E-state index contributed by atoms with van der Waals surface area (Å²) >= 11 is 6.09. The Bertz CT molecular complexity index is 898. The van der Waals surface area contributed by atoms with Crippen molar-refractivity contribution in [2.75, 3.05) is 26.2 Å². The van der Waals surface area contributed by atoms with Crippen LogP contribution in [0.1, 0.15) is 28.8 Å². The van der Waals surface area contributed by atoms with Gasteiger partial charge in [0.15, 0.2) is 5.75 Å². The maximum atomic E-state index is 11.2. The van der Waals surface area contributed by atoms with Crippen LogP contribution in [-0.2, 0) is 6.42 Å². The summed E-state index contributed by atoms with van der Waals surface area (Å²) in [7, 11) is 0. The summed E-state index contributed by atoms with van der Waals surface area (Å²) < 4.78 is 11.7. The van der Waals surface area contributed by atoms with Gasteiger partial charge in [0.1, 0.15) is 29.6 Å². The van der Waals surface area contributed by atoms with Gasteiger partial charge < -0.3 is 24.6 Å². The lowest BCUT2D eigenvalue weighted by molar-refractivity contribution is -0.00205. The number of pyridine rings is 1. The molecule has 2 N–H and O–H groups in total. The van der Waals surface area contributed by atoms with Gasteiger partial charge >= 0.3 is 5.97 Å². The first-order valence-corrected chi connectivity index (χ1v) is 10.00. The number of aromatic carboxylic acids is 1. The zero-order valence-electron chi connectivity index (χ0n) is 15.9. The number of aliphatic hydroxyl groups excluding tert-OH is 1. The van der Waals surface area contributed by atoms with Crippen molar-refractivity contribution in [3.05, 3.63) is 52.8 Å². The highest BCUT2D eigenvalue weighted by atomic mass is 35.5. The number of carbonyl (C=O) groups is 1. The maximum Gasteiger partial charge on any atom is 0.339 e. The van der Waals surface area contributed by atoms with Gasteiger partial charge in [-0.25, -0.2) is 4.79 Å². The van der Waals surface area contributed by atoms with E-state index in [1.165, 1.54) is 18.5 Å². The van der Waals surface area contributed by atoms with Crippen LogP contribution < -0.4 is 9.47 Å². The Kier molecular flexibility index (Phi) is 5.63. The molecule has 0 aliphatic carbocycles. The van der Waals surface area contributed by atoms with Gasteiger partial charge in [-0.15, -0.1) is 0 Å². The van der Waals surface area contributed by atoms with Gasteiger partial charge in [-0.3, -0.25) is 4.98 Å². The Hall–Kier alpha value is -2.35. The first-order valence-electron chi connectivity index (χ1n) is 9.62. The van der Waals surface area contributed by atoms with Crippen molar-refractivity contribution in [2.24, 2.45) is 0 Å². The summed E-state index contributed by atoms with van der Waals surface area (Å²) in [5, 5.41) is 20.2. The van der Waals surface area contributed by atoms with Crippen LogP contribution >= 0.6 is 11.6 Å². The first kappa shape index (κ1) is 19.9. The molecule has 1 spiro atoms. The zero-order valence-corrected chi connectivity index (χ0v) is 16.6. The summed E-state index contributed by atoms with van der Waals surface area (Å²) in [6, 6.07) is 7.14. The van der Waals surface area contributed by atoms with Crippen LogP contribution in [0.4, 0.5) is 0 Å². The molecule has 2 aliphatic heterocycles. The quantitative estimate of drug-likeness (QED) is 0.745. The molecule has 1 fully saturated rings. The molecular formula is C21H23ClN2O5. The van der Waals surface area contributed by atoms with Crippen molar-refractivity contribution in [3.63, 3.8) is 0 Å². The van der Waals surface area contributed by atoms with E-state index in [-0.39, 0.29) is 23.5 Å². The molecular weight excluding hydrogens is 396 g/mol. The van der Waals surface area contributed by atoms with Gasteiger partial charge in [-0.2, -0.15) is 0 Å². The fraction of sp³-hybridized carbons (Fsp3) is 0.429. The number of piperidine rings is 1. The topological polar surface area (TPSA) is 92.1 Å². The molecule has 154 valence electrons. The number of hydrogen-bond donors (Lipinski definition) is 2. The Morgan fingerprint density at radius 2 is 2.14 bits per heavy atom. The minimum Gasteiger partial charge on any atom is -0.488 e. The molecule has 3 heterocycles. The van der Waals surface area contributed by atoms with E-state index in [1.807, 2.05) is 18.2 Å². The van der Waals surface area contributed by atoms with Crippen molar-refractivity contribution in [2.45, 2.75) is 31.0 Å². The second-order valence-electron chi connectivity index (χ2n) is 7.66. The van der Waals surface area contributed by atoms with Crippen molar-refractivity contribution in [3.8, 4) is 11.5 Å². The molecule has 1 aromatic carbocycles. The number of carboxylic acid groups (broad SMARTS) is 1. The highest BCUT2D eigenvalue weighted by molar-refractivity contribution is 6.30. The largest absolute Gasteiger partial charge is 0.488 e. The van der Waals surface area contributed by atoms with Crippen molar-refractivity contribution >= 4 is 17.6 Å². The Labute approximate surface area is 173 Å². The molecule has 0 amide bonds. The number of benzene rings is 1. The number of carboxylic acids is 1. The fourth-order valence-electron chi connectivity index (χ4n) is 4.03. The minimum absolute atomic E-state index is 0.00799. The lowest BCUT2D eigenvalue weighted by Gasteiger charge is -2.39. The summed E-state index contributed by atoms with van der Waals surface area (Å²) in [5.41, 5.74) is 1.01. The molecule has 0 unspecified atom stereocenters. The van der Waals surface area contributed by atoms with Crippen LogP contribution in [0.15, 0.2) is 36.7 Å². The Balaban J connectivity index is 1.27. The highest BCUT2D eigenvalue weighted by Gasteiger charge is 2.42. The van der Waals surface area contributed by atoms with E-state index in [9.17, 15) is 15.0 Å². The van der Waals surface area contributed by atoms with Crippen LogP contribution in [0.5, 0.6) is 11.5 Å². The van der Waals surface area contributed by atoms with Gasteiger partial charge in [0.2, 0.25) is 0 Å². The SMILES string of the molecule is O=C(O)c1ccncc1OC[C@H](O)CN1CCC2(CC1)Cc1cc(Cl)ccc1O2. The van der Waals surface area contributed by atoms with Gasteiger partial charge in [0.05, 0.1) is 6.20 Å². The van der Waals surface area contributed by atoms with Gasteiger partial charge in [0, 0.05) is 50.1 Å². The summed E-state index contributed by atoms with van der Waals surface area (Å²) in [6.07, 6.45) is 4.63. The first-order chi connectivity index (χ1) is 13.9. The molecule has 0 bridgehead atoms. The number of halogens is 1. The number of hydrogen-bond acceptors (Lipinski definition) is 6. The van der Waals surface area contributed by atoms with E-state index in [0.29, 0.717) is 6.54 Å². The van der Waals surface area contributed by atoms with Crippen LogP contribution in [0.3, 0.4) is 0 Å². The number of ether oxygens (including phenoxy) is 2. The summed E-state index contributed by atoms with van der Waals surface area (Å²) in [6.45, 7) is 2.09. The van der Waals surface area contributed by atoms with Gasteiger partial charge in [-0.1, -0.05) is 11.6 Å². The third-order valence-electron chi connectivity index (χ3n) is 5.54. The molecule has 1 aromatic heterocycles. The lowest BCUT2D eigenvalue weighted by atomic mass is 9.87. The number of likely N-dealkylation sites (tertiary alicyclic amines) is 1. The molecule has 0 saturated carbocycles. The molecule has 0 radical (unpaired) electrons. The minimum atomic E-state index is -1.09. The van der Waals surface area contributed by atoms with Gasteiger partial charge in [-0.05, 0) is 29.8 Å².